The van der Waals surface area contributed by atoms with E-state index in [2.05, 4.69) is 69.9 Å². The minimum atomic E-state index is -0.280. The number of rotatable bonds is 8. The number of fused-ring (bicyclic) bond motifs is 1. The summed E-state index contributed by atoms with van der Waals surface area (Å²) < 4.78 is 12.5. The van der Waals surface area contributed by atoms with E-state index >= 15 is 0 Å². The Morgan fingerprint density at radius 2 is 1.79 bits per heavy atom. The van der Waals surface area contributed by atoms with Crippen molar-refractivity contribution >= 4 is 73.2 Å². The van der Waals surface area contributed by atoms with E-state index in [9.17, 15) is 4.79 Å². The summed E-state index contributed by atoms with van der Waals surface area (Å²) in [6, 6.07) is 3.74. The Kier molecular flexibility index (Phi) is 8.28. The van der Waals surface area contributed by atoms with Crippen molar-refractivity contribution in [2.24, 2.45) is 0 Å². The van der Waals surface area contributed by atoms with Crippen LogP contribution in [-0.2, 0) is 0 Å². The van der Waals surface area contributed by atoms with Gasteiger partial charge < -0.3 is 29.9 Å². The number of benzene rings is 1. The van der Waals surface area contributed by atoms with Crippen LogP contribution in [0.3, 0.4) is 0 Å². The fraction of sp³-hybridized carbons (Fsp3) is 0.346. The zero-order valence-electron chi connectivity index (χ0n) is 22.1. The first-order valence-corrected chi connectivity index (χ1v) is 14.4. The Morgan fingerprint density at radius 1 is 1.05 bits per heavy atom. The van der Waals surface area contributed by atoms with Gasteiger partial charge in [-0.1, -0.05) is 6.92 Å². The lowest BCUT2D eigenvalue weighted by atomic mass is 10.1. The van der Waals surface area contributed by atoms with Gasteiger partial charge in [0.05, 0.1) is 39.3 Å². The van der Waals surface area contributed by atoms with Crippen LogP contribution in [0.5, 0.6) is 11.5 Å². The number of amides is 1. The summed E-state index contributed by atoms with van der Waals surface area (Å²) in [7, 11) is 3.17. The Hall–Kier alpha value is -3.30. The quantitative estimate of drug-likeness (QED) is 0.261. The molecule has 1 aliphatic heterocycles. The highest BCUT2D eigenvalue weighted by Gasteiger charge is 2.22. The number of methoxy groups -OCH3 is 2. The maximum Gasteiger partial charge on any atom is 0.258 e. The van der Waals surface area contributed by atoms with E-state index in [-0.39, 0.29) is 5.91 Å². The molecule has 5 rings (SSSR count). The fourth-order valence-electron chi connectivity index (χ4n) is 4.50. The number of thiophene rings is 1. The van der Waals surface area contributed by atoms with Gasteiger partial charge in [-0.25, -0.2) is 19.9 Å². The summed E-state index contributed by atoms with van der Waals surface area (Å²) in [4.78, 5) is 35.9. The van der Waals surface area contributed by atoms with Crippen LogP contribution in [0.1, 0.15) is 22.8 Å². The van der Waals surface area contributed by atoms with Crippen molar-refractivity contribution in [1.29, 1.82) is 0 Å². The lowest BCUT2D eigenvalue weighted by molar-refractivity contribution is 0.102. The number of anilines is 4. The van der Waals surface area contributed by atoms with Gasteiger partial charge in [0.2, 0.25) is 0 Å². The first-order valence-electron chi connectivity index (χ1n) is 12.4. The van der Waals surface area contributed by atoms with Crippen LogP contribution in [0.15, 0.2) is 30.2 Å². The number of hydrogen-bond acceptors (Lipinski definition) is 11. The molecule has 0 spiro atoms. The Morgan fingerprint density at radius 3 is 2.51 bits per heavy atom. The molecule has 0 aliphatic carbocycles. The number of carbonyl (C=O) groups excluding carboxylic acids is 1. The summed E-state index contributed by atoms with van der Waals surface area (Å²) >= 11 is 3.56. The molecule has 0 bridgehead atoms. The van der Waals surface area contributed by atoms with E-state index in [1.165, 1.54) is 17.7 Å². The SMILES string of the molecule is CCN1CCN(c2cc(Nc3ncnc4c(C(=O)Nc5c(C)c(OC)cc(OC)c5I)csc34)ncn2)CC1. The smallest absolute Gasteiger partial charge is 0.258 e. The normalized spacial score (nSPS) is 13.9. The molecule has 0 radical (unpaired) electrons. The average molecular weight is 661 g/mol. The lowest BCUT2D eigenvalue weighted by Crippen LogP contribution is -2.46. The zero-order valence-corrected chi connectivity index (χ0v) is 25.1. The van der Waals surface area contributed by atoms with E-state index in [0.29, 0.717) is 39.9 Å². The Bertz CT molecular complexity index is 1480. The third-order valence-corrected chi connectivity index (χ3v) is 8.81. The highest BCUT2D eigenvalue weighted by molar-refractivity contribution is 14.1. The molecule has 2 N–H and O–H groups in total. The van der Waals surface area contributed by atoms with Crippen LogP contribution >= 0.6 is 33.9 Å². The predicted molar refractivity (Wildman–Crippen MR) is 162 cm³/mol. The Balaban J connectivity index is 1.39. The highest BCUT2D eigenvalue weighted by Crippen LogP contribution is 2.39. The summed E-state index contributed by atoms with van der Waals surface area (Å²) in [6.07, 6.45) is 3.01. The summed E-state index contributed by atoms with van der Waals surface area (Å²) in [5.74, 6) is 3.05. The van der Waals surface area contributed by atoms with Crippen molar-refractivity contribution in [3.63, 3.8) is 0 Å². The largest absolute Gasteiger partial charge is 0.496 e. The molecule has 3 aromatic heterocycles. The number of nitrogens with one attached hydrogen (secondary N) is 2. The molecule has 1 aliphatic rings. The number of nitrogens with zero attached hydrogens (tertiary/aromatic N) is 6. The minimum Gasteiger partial charge on any atom is -0.496 e. The molecule has 1 amide bonds. The number of ether oxygens (including phenoxy) is 2. The second-order valence-electron chi connectivity index (χ2n) is 8.91. The predicted octanol–water partition coefficient (Wildman–Crippen LogP) is 4.55. The summed E-state index contributed by atoms with van der Waals surface area (Å²) in [5.41, 5.74) is 2.46. The third kappa shape index (κ3) is 5.56. The van der Waals surface area contributed by atoms with Crippen molar-refractivity contribution in [2.75, 3.05) is 62.5 Å². The van der Waals surface area contributed by atoms with Crippen LogP contribution in [0.2, 0.25) is 0 Å². The molecule has 39 heavy (non-hydrogen) atoms. The number of carbonyl (C=O) groups is 1. The van der Waals surface area contributed by atoms with Crippen molar-refractivity contribution in [2.45, 2.75) is 13.8 Å². The Labute approximate surface area is 244 Å². The van der Waals surface area contributed by atoms with Gasteiger partial charge >= 0.3 is 0 Å². The van der Waals surface area contributed by atoms with Gasteiger partial charge in [-0.2, -0.15) is 0 Å². The average Bonchev–Trinajstić information content (AvgIpc) is 3.41. The summed E-state index contributed by atoms with van der Waals surface area (Å²) in [6.45, 7) is 9.00. The first-order chi connectivity index (χ1) is 18.9. The second kappa shape index (κ2) is 11.8. The number of halogens is 1. The van der Waals surface area contributed by atoms with Gasteiger partial charge in [-0.15, -0.1) is 11.3 Å². The van der Waals surface area contributed by atoms with E-state index in [1.54, 1.807) is 25.9 Å². The molecule has 204 valence electrons. The van der Waals surface area contributed by atoms with Crippen LogP contribution in [0.4, 0.5) is 23.1 Å². The molecular formula is C26H29IN8O3S. The topological polar surface area (TPSA) is 118 Å². The third-order valence-electron chi connectivity index (χ3n) is 6.76. The van der Waals surface area contributed by atoms with Crippen molar-refractivity contribution < 1.29 is 14.3 Å². The molecule has 1 aromatic carbocycles. The molecule has 0 atom stereocenters. The summed E-state index contributed by atoms with van der Waals surface area (Å²) in [5, 5.41) is 8.12. The minimum absolute atomic E-state index is 0.280. The number of piperazine rings is 1. The molecule has 0 saturated carbocycles. The number of likely N-dealkylation sites (N-methyl/N-ethyl adjacent to an activating group) is 1. The van der Waals surface area contributed by atoms with E-state index in [1.807, 2.05) is 19.1 Å². The number of hydrogen-bond donors (Lipinski definition) is 2. The lowest BCUT2D eigenvalue weighted by Gasteiger charge is -2.34. The van der Waals surface area contributed by atoms with Gasteiger partial charge in [0, 0.05) is 49.3 Å². The molecular weight excluding hydrogens is 631 g/mol. The van der Waals surface area contributed by atoms with Gasteiger partial charge in [-0.3, -0.25) is 4.79 Å². The van der Waals surface area contributed by atoms with Gasteiger partial charge in [0.15, 0.2) is 5.82 Å². The van der Waals surface area contributed by atoms with E-state index in [0.717, 1.165) is 52.4 Å². The first kappa shape index (κ1) is 27.3. The van der Waals surface area contributed by atoms with Crippen LogP contribution in [0, 0.1) is 10.5 Å². The second-order valence-corrected chi connectivity index (χ2v) is 10.9. The maximum atomic E-state index is 13.4. The van der Waals surface area contributed by atoms with Crippen molar-refractivity contribution in [3.8, 4) is 11.5 Å². The van der Waals surface area contributed by atoms with Crippen LogP contribution in [0.25, 0.3) is 10.2 Å². The number of aromatic nitrogens is 4. The monoisotopic (exact) mass is 660 g/mol. The van der Waals surface area contributed by atoms with Crippen LogP contribution < -0.4 is 25.0 Å². The molecule has 4 heterocycles. The molecule has 13 heteroatoms. The molecule has 11 nitrogen and oxygen atoms in total. The molecule has 0 unspecified atom stereocenters. The zero-order chi connectivity index (χ0) is 27.5. The molecule has 4 aromatic rings. The fourth-order valence-corrected chi connectivity index (χ4v) is 6.35. The van der Waals surface area contributed by atoms with Crippen LogP contribution in [-0.4, -0.2) is 77.7 Å². The van der Waals surface area contributed by atoms with Gasteiger partial charge in [0.1, 0.15) is 35.8 Å². The maximum absolute atomic E-state index is 13.4. The van der Waals surface area contributed by atoms with E-state index in [4.69, 9.17) is 9.47 Å². The molecule has 1 saturated heterocycles. The molecule has 1 fully saturated rings. The van der Waals surface area contributed by atoms with Crippen molar-refractivity contribution in [3.05, 3.63) is 44.9 Å². The van der Waals surface area contributed by atoms with Gasteiger partial charge in [-0.05, 0) is 36.1 Å². The van der Waals surface area contributed by atoms with Gasteiger partial charge in [0.25, 0.3) is 5.91 Å². The van der Waals surface area contributed by atoms with Crippen molar-refractivity contribution in [1.82, 2.24) is 24.8 Å². The highest BCUT2D eigenvalue weighted by atomic mass is 127. The standard InChI is InChI=1S/C26H29IN8O3S/c1-5-34-6-8-35(9-7-34)20-11-19(28-13-29-20)32-25-24-23(30-14-31-25)16(12-39-24)26(36)33-22-15(2)17(37-3)10-18(38-4)21(22)27/h10-14H,5-9H2,1-4H3,(H,33,36)(H,28,29,30,31,32). The van der Waals surface area contributed by atoms with E-state index < -0.39 is 0 Å².